The number of hydrogen-bond donors (Lipinski definition) is 0. The molecule has 1 unspecified atom stereocenters. The van der Waals surface area contributed by atoms with Gasteiger partial charge in [-0.05, 0) is 30.7 Å². The molecule has 0 N–H and O–H groups in total. The van der Waals surface area contributed by atoms with Crippen molar-refractivity contribution in [3.05, 3.63) is 41.5 Å². The summed E-state index contributed by atoms with van der Waals surface area (Å²) in [4.78, 5) is 0. The SMILES string of the molecule is CC1CCCCC(=Cc2ccccc2)C1. The maximum absolute atomic E-state index is 2.39. The van der Waals surface area contributed by atoms with Crippen molar-refractivity contribution in [2.24, 2.45) is 5.92 Å². The normalized spacial score (nSPS) is 25.1. The first-order chi connectivity index (χ1) is 7.34. The minimum Gasteiger partial charge on any atom is -0.0694 e. The quantitative estimate of drug-likeness (QED) is 0.578. The summed E-state index contributed by atoms with van der Waals surface area (Å²) in [7, 11) is 0. The molecule has 1 fully saturated rings. The molecule has 1 saturated carbocycles. The molecule has 15 heavy (non-hydrogen) atoms. The van der Waals surface area contributed by atoms with Crippen LogP contribution in [0.5, 0.6) is 0 Å². The van der Waals surface area contributed by atoms with E-state index in [1.165, 1.54) is 37.7 Å². The molecule has 1 aromatic rings. The summed E-state index contributed by atoms with van der Waals surface area (Å²) >= 11 is 0. The molecule has 0 heteroatoms. The summed E-state index contributed by atoms with van der Waals surface area (Å²) in [5.74, 6) is 0.877. The van der Waals surface area contributed by atoms with Crippen molar-refractivity contribution < 1.29 is 0 Å². The van der Waals surface area contributed by atoms with E-state index in [9.17, 15) is 0 Å². The van der Waals surface area contributed by atoms with Crippen molar-refractivity contribution in [2.45, 2.75) is 39.0 Å². The second kappa shape index (κ2) is 5.16. The Balaban J connectivity index is 2.11. The second-order valence-corrected chi connectivity index (χ2v) is 4.77. The van der Waals surface area contributed by atoms with Crippen LogP contribution >= 0.6 is 0 Å². The van der Waals surface area contributed by atoms with E-state index in [1.807, 2.05) is 0 Å². The van der Waals surface area contributed by atoms with Gasteiger partial charge in [0.05, 0.1) is 0 Å². The van der Waals surface area contributed by atoms with E-state index < -0.39 is 0 Å². The molecular weight excluding hydrogens is 180 g/mol. The highest BCUT2D eigenvalue weighted by atomic mass is 14.2. The summed E-state index contributed by atoms with van der Waals surface area (Å²) in [6, 6.07) is 10.7. The van der Waals surface area contributed by atoms with Crippen LogP contribution in [-0.2, 0) is 0 Å². The van der Waals surface area contributed by atoms with Crippen LogP contribution in [0.1, 0.15) is 44.6 Å². The minimum absolute atomic E-state index is 0.877. The summed E-state index contributed by atoms with van der Waals surface area (Å²) in [5.41, 5.74) is 3.01. The molecule has 0 saturated heterocycles. The molecule has 0 amide bonds. The zero-order valence-corrected chi connectivity index (χ0v) is 9.58. The third-order valence-corrected chi connectivity index (χ3v) is 3.23. The third-order valence-electron chi connectivity index (χ3n) is 3.23. The maximum Gasteiger partial charge on any atom is -0.0257 e. The van der Waals surface area contributed by atoms with Gasteiger partial charge in [-0.15, -0.1) is 0 Å². The Hall–Kier alpha value is -1.04. The van der Waals surface area contributed by atoms with Crippen molar-refractivity contribution in [1.29, 1.82) is 0 Å². The lowest BCUT2D eigenvalue weighted by Gasteiger charge is -2.08. The molecule has 0 aliphatic heterocycles. The molecule has 0 nitrogen and oxygen atoms in total. The first-order valence-corrected chi connectivity index (χ1v) is 6.09. The fourth-order valence-electron chi connectivity index (χ4n) is 2.41. The van der Waals surface area contributed by atoms with Gasteiger partial charge in [0.25, 0.3) is 0 Å². The van der Waals surface area contributed by atoms with Crippen LogP contribution in [0.3, 0.4) is 0 Å². The van der Waals surface area contributed by atoms with Gasteiger partial charge in [-0.3, -0.25) is 0 Å². The number of benzene rings is 1. The molecule has 1 atom stereocenters. The van der Waals surface area contributed by atoms with E-state index in [0.29, 0.717) is 0 Å². The Kier molecular flexibility index (Phi) is 3.60. The minimum atomic E-state index is 0.877. The van der Waals surface area contributed by atoms with E-state index in [1.54, 1.807) is 5.57 Å². The average Bonchev–Trinajstić information content (AvgIpc) is 2.44. The van der Waals surface area contributed by atoms with E-state index in [4.69, 9.17) is 0 Å². The Morgan fingerprint density at radius 2 is 1.93 bits per heavy atom. The Bertz CT molecular complexity index is 321. The first-order valence-electron chi connectivity index (χ1n) is 6.09. The highest BCUT2D eigenvalue weighted by Gasteiger charge is 2.10. The lowest BCUT2D eigenvalue weighted by atomic mass is 9.98. The molecule has 0 aromatic heterocycles. The maximum atomic E-state index is 2.39. The predicted molar refractivity (Wildman–Crippen MR) is 66.7 cm³/mol. The summed E-state index contributed by atoms with van der Waals surface area (Å²) in [6.45, 7) is 2.38. The molecule has 1 aliphatic carbocycles. The van der Waals surface area contributed by atoms with Gasteiger partial charge in [0.2, 0.25) is 0 Å². The van der Waals surface area contributed by atoms with Crippen LogP contribution in [0.4, 0.5) is 0 Å². The van der Waals surface area contributed by atoms with Crippen molar-refractivity contribution in [2.75, 3.05) is 0 Å². The summed E-state index contributed by atoms with van der Waals surface area (Å²) in [6.07, 6.45) is 9.19. The first kappa shape index (κ1) is 10.5. The second-order valence-electron chi connectivity index (χ2n) is 4.77. The zero-order chi connectivity index (χ0) is 10.5. The molecule has 0 bridgehead atoms. The average molecular weight is 200 g/mol. The predicted octanol–water partition coefficient (Wildman–Crippen LogP) is 4.67. The fourth-order valence-corrected chi connectivity index (χ4v) is 2.41. The summed E-state index contributed by atoms with van der Waals surface area (Å²) < 4.78 is 0. The van der Waals surface area contributed by atoms with Crippen molar-refractivity contribution in [3.8, 4) is 0 Å². The van der Waals surface area contributed by atoms with Crippen molar-refractivity contribution >= 4 is 6.08 Å². The Morgan fingerprint density at radius 3 is 2.73 bits per heavy atom. The molecular formula is C15H20. The van der Waals surface area contributed by atoms with Gasteiger partial charge < -0.3 is 0 Å². The lowest BCUT2D eigenvalue weighted by Crippen LogP contribution is -1.92. The van der Waals surface area contributed by atoms with Gasteiger partial charge in [-0.2, -0.15) is 0 Å². The van der Waals surface area contributed by atoms with Gasteiger partial charge in [-0.25, -0.2) is 0 Å². The lowest BCUT2D eigenvalue weighted by molar-refractivity contribution is 0.531. The van der Waals surface area contributed by atoms with Gasteiger partial charge >= 0.3 is 0 Å². The van der Waals surface area contributed by atoms with E-state index in [0.717, 1.165) is 5.92 Å². The van der Waals surface area contributed by atoms with Gasteiger partial charge in [0, 0.05) is 0 Å². The molecule has 1 aromatic carbocycles. The smallest absolute Gasteiger partial charge is 0.0257 e. The third kappa shape index (κ3) is 3.23. The molecule has 0 spiro atoms. The van der Waals surface area contributed by atoms with Crippen LogP contribution in [0.25, 0.3) is 6.08 Å². The topological polar surface area (TPSA) is 0 Å². The zero-order valence-electron chi connectivity index (χ0n) is 9.58. The summed E-state index contributed by atoms with van der Waals surface area (Å²) in [5, 5.41) is 0. The molecule has 2 rings (SSSR count). The van der Waals surface area contributed by atoms with Crippen molar-refractivity contribution in [3.63, 3.8) is 0 Å². The van der Waals surface area contributed by atoms with Crippen LogP contribution in [0.2, 0.25) is 0 Å². The number of allylic oxidation sites excluding steroid dienone is 1. The van der Waals surface area contributed by atoms with Crippen molar-refractivity contribution in [1.82, 2.24) is 0 Å². The fraction of sp³-hybridized carbons (Fsp3) is 0.467. The molecule has 80 valence electrons. The monoisotopic (exact) mass is 200 g/mol. The standard InChI is InChI=1S/C15H20/c1-13-7-5-6-10-15(11-13)12-14-8-3-2-4-9-14/h2-4,8-9,12-13H,5-7,10-11H2,1H3. The van der Waals surface area contributed by atoms with Crippen LogP contribution in [-0.4, -0.2) is 0 Å². The Labute approximate surface area is 93.0 Å². The van der Waals surface area contributed by atoms with E-state index in [-0.39, 0.29) is 0 Å². The highest BCUT2D eigenvalue weighted by Crippen LogP contribution is 2.28. The van der Waals surface area contributed by atoms with Gasteiger partial charge in [-0.1, -0.05) is 61.7 Å². The van der Waals surface area contributed by atoms with Gasteiger partial charge in [0.1, 0.15) is 0 Å². The largest absolute Gasteiger partial charge is 0.0694 e. The van der Waals surface area contributed by atoms with E-state index >= 15 is 0 Å². The highest BCUT2D eigenvalue weighted by molar-refractivity contribution is 5.52. The van der Waals surface area contributed by atoms with Crippen LogP contribution < -0.4 is 0 Å². The molecule has 0 radical (unpaired) electrons. The van der Waals surface area contributed by atoms with Crippen LogP contribution in [0.15, 0.2) is 35.9 Å². The number of rotatable bonds is 1. The number of hydrogen-bond acceptors (Lipinski definition) is 0. The van der Waals surface area contributed by atoms with E-state index in [2.05, 4.69) is 43.3 Å². The Morgan fingerprint density at radius 1 is 1.13 bits per heavy atom. The molecule has 1 aliphatic rings. The van der Waals surface area contributed by atoms with Crippen LogP contribution in [0, 0.1) is 5.92 Å². The van der Waals surface area contributed by atoms with Gasteiger partial charge in [0.15, 0.2) is 0 Å². The molecule has 0 heterocycles.